The summed E-state index contributed by atoms with van der Waals surface area (Å²) >= 11 is -1.24. The minimum absolute atomic E-state index is 0.0225. The number of anilines is 2. The number of rotatable bonds is 7. The van der Waals surface area contributed by atoms with Crippen LogP contribution in [0.3, 0.4) is 0 Å². The van der Waals surface area contributed by atoms with E-state index in [9.17, 15) is 4.55 Å². The number of nitrogens with zero attached hydrogens (tertiary/aromatic N) is 3. The highest BCUT2D eigenvalue weighted by Crippen LogP contribution is 2.18. The smallest absolute Gasteiger partial charge is 0.344 e. The van der Waals surface area contributed by atoms with E-state index in [1.54, 1.807) is 12.3 Å². The lowest BCUT2D eigenvalue weighted by Crippen LogP contribution is -2.20. The molecule has 2 aromatic heterocycles. The number of H-pyrrole nitrogens is 1. The molecule has 0 aromatic carbocycles. The van der Waals surface area contributed by atoms with E-state index in [0.717, 1.165) is 18.5 Å². The van der Waals surface area contributed by atoms with Crippen LogP contribution < -0.4 is 5.32 Å². The summed E-state index contributed by atoms with van der Waals surface area (Å²) < 4.78 is 12.5. The molecule has 22 heavy (non-hydrogen) atoms. The Labute approximate surface area is 133 Å². The Morgan fingerprint density at radius 3 is 2.91 bits per heavy atom. The summed E-state index contributed by atoms with van der Waals surface area (Å²) in [7, 11) is 0. The van der Waals surface area contributed by atoms with Crippen LogP contribution in [0.15, 0.2) is 35.6 Å². The molecule has 0 aliphatic carbocycles. The van der Waals surface area contributed by atoms with Crippen LogP contribution >= 0.6 is 0 Å². The van der Waals surface area contributed by atoms with Crippen LogP contribution in [0.5, 0.6) is 0 Å². The lowest BCUT2D eigenvalue weighted by atomic mass is 10.3. The molecular formula is C15H21N5OS. The fourth-order valence-electron chi connectivity index (χ4n) is 1.84. The summed E-state index contributed by atoms with van der Waals surface area (Å²) in [4.78, 5) is 8.46. The van der Waals surface area contributed by atoms with Crippen LogP contribution in [0.4, 0.5) is 11.6 Å². The number of aromatic amines is 1. The van der Waals surface area contributed by atoms with Crippen molar-refractivity contribution in [1.29, 1.82) is 0 Å². The van der Waals surface area contributed by atoms with Gasteiger partial charge in [-0.2, -0.15) is 15.1 Å². The van der Waals surface area contributed by atoms with Gasteiger partial charge in [0.15, 0.2) is 5.82 Å². The highest BCUT2D eigenvalue weighted by atomic mass is 32.2. The maximum absolute atomic E-state index is 12.5. The number of aryl methyl sites for hydroxylation is 1. The summed E-state index contributed by atoms with van der Waals surface area (Å²) in [6.45, 7) is 5.94. The molecule has 0 fully saturated rings. The monoisotopic (exact) mass is 319 g/mol. The van der Waals surface area contributed by atoms with Crippen molar-refractivity contribution in [2.75, 3.05) is 5.32 Å². The molecule has 0 radical (unpaired) electrons. The standard InChI is InChI=1S/C15H21N5OS/c1-4-5-6-7-12(3)22(21)15-16-9-8-13(18-15)17-14-10-11(2)19-20-14/h5-6,8-10,12H,4,7H2,1-3H3,(H2,16,17,18,19,20)/b6-5-/t12?,22-/m1/s1. The van der Waals surface area contributed by atoms with Crippen LogP contribution in [-0.2, 0) is 11.2 Å². The molecule has 118 valence electrons. The summed E-state index contributed by atoms with van der Waals surface area (Å²) in [6.07, 6.45) is 7.47. The Balaban J connectivity index is 2.05. The first kappa shape index (κ1) is 16.5. The quantitative estimate of drug-likeness (QED) is 0.465. The molecule has 2 atom stereocenters. The molecule has 0 saturated carbocycles. The van der Waals surface area contributed by atoms with Crippen LogP contribution in [0.1, 0.15) is 32.4 Å². The molecule has 0 bridgehead atoms. The lowest BCUT2D eigenvalue weighted by Gasteiger charge is -2.14. The third kappa shape index (κ3) is 4.57. The van der Waals surface area contributed by atoms with E-state index in [0.29, 0.717) is 16.8 Å². The van der Waals surface area contributed by atoms with E-state index in [2.05, 4.69) is 44.6 Å². The first-order valence-electron chi connectivity index (χ1n) is 7.27. The Morgan fingerprint density at radius 2 is 2.23 bits per heavy atom. The van der Waals surface area contributed by atoms with E-state index in [1.807, 2.05) is 19.9 Å². The van der Waals surface area contributed by atoms with Gasteiger partial charge in [-0.3, -0.25) is 5.10 Å². The second kappa shape index (κ2) is 7.95. The number of nitrogens with one attached hydrogen (secondary N) is 2. The third-order valence-electron chi connectivity index (χ3n) is 3.01. The fourth-order valence-corrected chi connectivity index (χ4v) is 2.84. The average molecular weight is 319 g/mol. The van der Waals surface area contributed by atoms with Gasteiger partial charge in [0.25, 0.3) is 0 Å². The number of hydrogen-bond acceptors (Lipinski definition) is 5. The maximum atomic E-state index is 12.5. The maximum Gasteiger partial charge on any atom is 0.344 e. The van der Waals surface area contributed by atoms with E-state index in [1.165, 1.54) is 0 Å². The zero-order valence-corrected chi connectivity index (χ0v) is 13.9. The van der Waals surface area contributed by atoms with Gasteiger partial charge in [0, 0.05) is 35.6 Å². The number of aromatic nitrogens is 4. The van der Waals surface area contributed by atoms with Gasteiger partial charge in [0.05, 0.1) is 0 Å². The third-order valence-corrected chi connectivity index (χ3v) is 4.49. The highest BCUT2D eigenvalue weighted by molar-refractivity contribution is 7.91. The molecule has 7 heteroatoms. The summed E-state index contributed by atoms with van der Waals surface area (Å²) in [5.74, 6) is 1.26. The van der Waals surface area contributed by atoms with E-state index < -0.39 is 11.2 Å². The Bertz CT molecular complexity index is 628. The molecule has 0 aliphatic rings. The van der Waals surface area contributed by atoms with Crippen LogP contribution in [0, 0.1) is 6.92 Å². The molecule has 2 N–H and O–H groups in total. The van der Waals surface area contributed by atoms with Crippen molar-refractivity contribution in [2.24, 2.45) is 0 Å². The molecule has 0 aliphatic heterocycles. The van der Waals surface area contributed by atoms with Gasteiger partial charge >= 0.3 is 5.16 Å². The highest BCUT2D eigenvalue weighted by Gasteiger charge is 2.22. The first-order valence-corrected chi connectivity index (χ1v) is 8.49. The number of allylic oxidation sites excluding steroid dienone is 2. The summed E-state index contributed by atoms with van der Waals surface area (Å²) in [6, 6.07) is 3.60. The molecule has 2 rings (SSSR count). The second-order valence-electron chi connectivity index (χ2n) is 5.01. The molecule has 6 nitrogen and oxygen atoms in total. The van der Waals surface area contributed by atoms with Crippen molar-refractivity contribution >= 4 is 22.8 Å². The van der Waals surface area contributed by atoms with Crippen molar-refractivity contribution in [1.82, 2.24) is 20.2 Å². The van der Waals surface area contributed by atoms with Crippen molar-refractivity contribution in [3.63, 3.8) is 0 Å². The predicted molar refractivity (Wildman–Crippen MR) is 88.6 cm³/mol. The van der Waals surface area contributed by atoms with Crippen LogP contribution in [-0.4, -0.2) is 30.0 Å². The van der Waals surface area contributed by atoms with Gasteiger partial charge in [-0.25, -0.2) is 0 Å². The van der Waals surface area contributed by atoms with E-state index in [4.69, 9.17) is 0 Å². The van der Waals surface area contributed by atoms with Crippen molar-refractivity contribution in [2.45, 2.75) is 44.0 Å². The molecule has 0 spiro atoms. The molecule has 0 saturated heterocycles. The Morgan fingerprint density at radius 1 is 1.41 bits per heavy atom. The SMILES string of the molecule is CC/C=C\CC(C)[S@@+]([O-])c1nccc(Nc2cc(C)[nH]n2)n1. The van der Waals surface area contributed by atoms with Crippen molar-refractivity contribution < 1.29 is 4.55 Å². The topological polar surface area (TPSA) is 89.5 Å². The molecule has 0 amide bonds. The van der Waals surface area contributed by atoms with Gasteiger partial charge in [-0.15, -0.1) is 0 Å². The summed E-state index contributed by atoms with van der Waals surface area (Å²) in [5, 5.41) is 10.3. The van der Waals surface area contributed by atoms with Crippen molar-refractivity contribution in [3.05, 3.63) is 36.2 Å². The largest absolute Gasteiger partial charge is 0.609 e. The van der Waals surface area contributed by atoms with E-state index in [-0.39, 0.29) is 5.25 Å². The van der Waals surface area contributed by atoms with E-state index >= 15 is 0 Å². The zero-order valence-electron chi connectivity index (χ0n) is 13.0. The summed E-state index contributed by atoms with van der Waals surface area (Å²) in [5.41, 5.74) is 0.955. The van der Waals surface area contributed by atoms with Crippen LogP contribution in [0.25, 0.3) is 0 Å². The molecule has 2 aromatic rings. The minimum atomic E-state index is -1.24. The average Bonchev–Trinajstić information content (AvgIpc) is 2.92. The molecule has 1 unspecified atom stereocenters. The molecular weight excluding hydrogens is 298 g/mol. The second-order valence-corrected chi connectivity index (χ2v) is 6.77. The van der Waals surface area contributed by atoms with Crippen LogP contribution in [0.2, 0.25) is 0 Å². The minimum Gasteiger partial charge on any atom is -0.609 e. The fraction of sp³-hybridized carbons (Fsp3) is 0.400. The van der Waals surface area contributed by atoms with Gasteiger partial charge < -0.3 is 9.87 Å². The van der Waals surface area contributed by atoms with Gasteiger partial charge in [-0.05, 0) is 26.3 Å². The zero-order chi connectivity index (χ0) is 15.9. The molecule has 2 heterocycles. The van der Waals surface area contributed by atoms with Gasteiger partial charge in [-0.1, -0.05) is 19.1 Å². The van der Waals surface area contributed by atoms with Crippen molar-refractivity contribution in [3.8, 4) is 0 Å². The number of hydrogen-bond donors (Lipinski definition) is 2. The predicted octanol–water partition coefficient (Wildman–Crippen LogP) is 3.10. The lowest BCUT2D eigenvalue weighted by molar-refractivity contribution is 0.573. The van der Waals surface area contributed by atoms with Gasteiger partial charge in [0.2, 0.25) is 0 Å². The Hall–Kier alpha value is -1.86. The van der Waals surface area contributed by atoms with Gasteiger partial charge in [0.1, 0.15) is 11.1 Å². The Kier molecular flexibility index (Phi) is 5.97. The normalized spacial score (nSPS) is 14.2. The first-order chi connectivity index (χ1) is 10.6.